The Morgan fingerprint density at radius 2 is 1.78 bits per heavy atom. The number of rotatable bonds is 5. The predicted molar refractivity (Wildman–Crippen MR) is 79.2 cm³/mol. The summed E-state index contributed by atoms with van der Waals surface area (Å²) in [6.07, 6.45) is -1.84. The molecule has 1 aliphatic rings. The van der Waals surface area contributed by atoms with Gasteiger partial charge in [0.15, 0.2) is 0 Å². The number of hydrogen-bond acceptors (Lipinski definition) is 5. The maximum atomic E-state index is 10.8. The summed E-state index contributed by atoms with van der Waals surface area (Å²) >= 11 is 0. The Morgan fingerprint density at radius 1 is 1.17 bits per heavy atom. The highest BCUT2D eigenvalue weighted by atomic mass is 16.7. The molecule has 0 unspecified atom stereocenters. The highest BCUT2D eigenvalue weighted by Crippen LogP contribution is 2.51. The van der Waals surface area contributed by atoms with Gasteiger partial charge in [-0.25, -0.2) is 4.79 Å². The summed E-state index contributed by atoms with van der Waals surface area (Å²) in [6, 6.07) is 15.3. The molecule has 0 radical (unpaired) electrons. The molecule has 7 nitrogen and oxygen atoms in total. The number of carboxylic acid groups (broad SMARTS) is 1. The smallest absolute Gasteiger partial charge is 0.450 e. The molecule has 1 heterocycles. The van der Waals surface area contributed by atoms with Gasteiger partial charge in [-0.05, 0) is 23.3 Å². The quantitative estimate of drug-likeness (QED) is 0.394. The van der Waals surface area contributed by atoms with Crippen molar-refractivity contribution in [3.05, 3.63) is 75.8 Å². The van der Waals surface area contributed by atoms with Crippen molar-refractivity contribution in [1.82, 2.24) is 0 Å². The van der Waals surface area contributed by atoms with Crippen molar-refractivity contribution >= 4 is 11.8 Å². The summed E-state index contributed by atoms with van der Waals surface area (Å²) < 4.78 is 10.4. The molecule has 0 saturated carbocycles. The van der Waals surface area contributed by atoms with Gasteiger partial charge in [-0.3, -0.25) is 10.1 Å². The van der Waals surface area contributed by atoms with Crippen LogP contribution in [0.4, 0.5) is 10.5 Å². The van der Waals surface area contributed by atoms with Crippen LogP contribution in [0.2, 0.25) is 0 Å². The van der Waals surface area contributed by atoms with Crippen LogP contribution in [0.5, 0.6) is 0 Å². The number of carbonyl (C=O) groups is 1. The van der Waals surface area contributed by atoms with Crippen LogP contribution < -0.4 is 0 Å². The van der Waals surface area contributed by atoms with Crippen LogP contribution in [0, 0.1) is 10.1 Å². The van der Waals surface area contributed by atoms with Crippen molar-refractivity contribution in [2.45, 2.75) is 11.7 Å². The summed E-state index contributed by atoms with van der Waals surface area (Å²) in [5.41, 5.74) is 0.698. The predicted octanol–water partition coefficient (Wildman–Crippen LogP) is 2.93. The number of non-ortho nitro benzene ring substituents is 1. The first kappa shape index (κ1) is 15.0. The first-order chi connectivity index (χ1) is 11.0. The van der Waals surface area contributed by atoms with Gasteiger partial charge in [-0.15, -0.1) is 0 Å². The van der Waals surface area contributed by atoms with Gasteiger partial charge in [0, 0.05) is 12.1 Å². The Morgan fingerprint density at radius 3 is 2.35 bits per heavy atom. The molecule has 0 spiro atoms. The minimum absolute atomic E-state index is 0.0176. The lowest BCUT2D eigenvalue weighted by Crippen LogP contribution is -2.19. The van der Waals surface area contributed by atoms with Gasteiger partial charge in [-0.1, -0.05) is 30.3 Å². The standard InChI is InChI=1S/C16H13NO6/c18-15(19)22-10-14-16(23-14,11-4-2-1-3-5-11)12-6-8-13(9-7-12)17(20)21/h1-9,14H,10H2,(H,18,19)/t14-,16-/m0/s1. The van der Waals surface area contributed by atoms with Crippen molar-refractivity contribution in [3.63, 3.8) is 0 Å². The van der Waals surface area contributed by atoms with Crippen LogP contribution in [0.25, 0.3) is 0 Å². The van der Waals surface area contributed by atoms with E-state index in [1.165, 1.54) is 12.1 Å². The zero-order chi connectivity index (χ0) is 16.4. The van der Waals surface area contributed by atoms with E-state index in [1.807, 2.05) is 30.3 Å². The fraction of sp³-hybridized carbons (Fsp3) is 0.188. The first-order valence-corrected chi connectivity index (χ1v) is 6.88. The summed E-state index contributed by atoms with van der Waals surface area (Å²) in [6.45, 7) is -0.110. The van der Waals surface area contributed by atoms with Crippen molar-refractivity contribution in [1.29, 1.82) is 0 Å². The van der Waals surface area contributed by atoms with Gasteiger partial charge in [0.25, 0.3) is 5.69 Å². The topological polar surface area (TPSA) is 102 Å². The molecule has 118 valence electrons. The monoisotopic (exact) mass is 315 g/mol. The Bertz CT molecular complexity index is 730. The Hall–Kier alpha value is -2.93. The zero-order valence-corrected chi connectivity index (χ0v) is 11.9. The lowest BCUT2D eigenvalue weighted by Gasteiger charge is -2.14. The number of ether oxygens (including phenoxy) is 2. The minimum atomic E-state index is -1.37. The Kier molecular flexibility index (Phi) is 3.71. The highest BCUT2D eigenvalue weighted by molar-refractivity contribution is 5.57. The average molecular weight is 315 g/mol. The average Bonchev–Trinajstić information content (AvgIpc) is 3.29. The summed E-state index contributed by atoms with van der Waals surface area (Å²) in [5.74, 6) is 0. The third kappa shape index (κ3) is 2.74. The lowest BCUT2D eigenvalue weighted by atomic mass is 9.88. The second-order valence-electron chi connectivity index (χ2n) is 5.09. The van der Waals surface area contributed by atoms with E-state index in [0.29, 0.717) is 5.56 Å². The first-order valence-electron chi connectivity index (χ1n) is 6.88. The van der Waals surface area contributed by atoms with Crippen molar-refractivity contribution in [2.24, 2.45) is 0 Å². The van der Waals surface area contributed by atoms with Gasteiger partial charge >= 0.3 is 6.16 Å². The fourth-order valence-corrected chi connectivity index (χ4v) is 2.68. The Labute approximate surface area is 131 Å². The van der Waals surface area contributed by atoms with Crippen molar-refractivity contribution < 1.29 is 24.3 Å². The largest absolute Gasteiger partial charge is 0.505 e. The van der Waals surface area contributed by atoms with E-state index in [0.717, 1.165) is 5.56 Å². The summed E-state index contributed by atoms with van der Waals surface area (Å²) in [7, 11) is 0. The number of hydrogen-bond donors (Lipinski definition) is 1. The number of epoxide rings is 1. The van der Waals surface area contributed by atoms with Crippen LogP contribution in [0.1, 0.15) is 11.1 Å². The van der Waals surface area contributed by atoms with E-state index in [9.17, 15) is 14.9 Å². The second-order valence-corrected chi connectivity index (χ2v) is 5.09. The molecular formula is C16H13NO6. The fourth-order valence-electron chi connectivity index (χ4n) is 2.68. The van der Waals surface area contributed by atoms with E-state index >= 15 is 0 Å². The molecule has 3 rings (SSSR count). The lowest BCUT2D eigenvalue weighted by molar-refractivity contribution is -0.384. The molecule has 1 fully saturated rings. The maximum absolute atomic E-state index is 10.8. The molecule has 7 heteroatoms. The number of nitrogens with zero attached hydrogens (tertiary/aromatic N) is 1. The Balaban J connectivity index is 1.94. The summed E-state index contributed by atoms with van der Waals surface area (Å²) in [5, 5.41) is 19.4. The van der Waals surface area contributed by atoms with Crippen molar-refractivity contribution in [3.8, 4) is 0 Å². The van der Waals surface area contributed by atoms with Gasteiger partial charge in [0.1, 0.15) is 18.3 Å². The summed E-state index contributed by atoms with van der Waals surface area (Å²) in [4.78, 5) is 20.9. The molecule has 0 amide bonds. The molecule has 1 N–H and O–H groups in total. The second kappa shape index (κ2) is 5.69. The number of nitro groups is 1. The molecule has 2 aromatic rings. The van der Waals surface area contributed by atoms with E-state index in [4.69, 9.17) is 9.84 Å². The third-order valence-electron chi connectivity index (χ3n) is 3.79. The van der Waals surface area contributed by atoms with Crippen LogP contribution in [0.15, 0.2) is 54.6 Å². The molecule has 1 aliphatic heterocycles. The molecule has 2 aromatic carbocycles. The number of nitro benzene ring substituents is 1. The van der Waals surface area contributed by atoms with E-state index in [-0.39, 0.29) is 12.3 Å². The molecule has 0 aromatic heterocycles. The van der Waals surface area contributed by atoms with Gasteiger partial charge in [0.05, 0.1) is 4.92 Å². The van der Waals surface area contributed by atoms with E-state index in [2.05, 4.69) is 4.74 Å². The van der Waals surface area contributed by atoms with Crippen LogP contribution in [-0.4, -0.2) is 28.9 Å². The SMILES string of the molecule is O=C(O)OC[C@@H]1O[C@@]1(c1ccccc1)c1ccc([N+](=O)[O-])cc1. The van der Waals surface area contributed by atoms with E-state index in [1.54, 1.807) is 12.1 Å². The van der Waals surface area contributed by atoms with E-state index < -0.39 is 22.8 Å². The maximum Gasteiger partial charge on any atom is 0.505 e. The van der Waals surface area contributed by atoms with Crippen LogP contribution >= 0.6 is 0 Å². The number of benzene rings is 2. The molecule has 2 atom stereocenters. The van der Waals surface area contributed by atoms with Gasteiger partial charge in [0.2, 0.25) is 0 Å². The van der Waals surface area contributed by atoms with Crippen LogP contribution in [0.3, 0.4) is 0 Å². The molecule has 0 aliphatic carbocycles. The molecular weight excluding hydrogens is 302 g/mol. The normalized spacial score (nSPS) is 22.3. The zero-order valence-electron chi connectivity index (χ0n) is 11.9. The third-order valence-corrected chi connectivity index (χ3v) is 3.79. The molecule has 23 heavy (non-hydrogen) atoms. The molecule has 1 saturated heterocycles. The minimum Gasteiger partial charge on any atom is -0.450 e. The van der Waals surface area contributed by atoms with Crippen molar-refractivity contribution in [2.75, 3.05) is 6.61 Å². The van der Waals surface area contributed by atoms with Crippen LogP contribution in [-0.2, 0) is 15.1 Å². The molecule has 0 bridgehead atoms. The van der Waals surface area contributed by atoms with Gasteiger partial charge < -0.3 is 14.6 Å². The van der Waals surface area contributed by atoms with Gasteiger partial charge in [-0.2, -0.15) is 0 Å². The highest BCUT2D eigenvalue weighted by Gasteiger charge is 2.59.